The number of benzene rings is 2. The molecule has 1 unspecified atom stereocenters. The van der Waals surface area contributed by atoms with Gasteiger partial charge in [-0.05, 0) is 55.5 Å². The van der Waals surface area contributed by atoms with E-state index in [9.17, 15) is 9.18 Å². The van der Waals surface area contributed by atoms with Crippen molar-refractivity contribution >= 4 is 17.7 Å². The predicted molar refractivity (Wildman–Crippen MR) is 106 cm³/mol. The van der Waals surface area contributed by atoms with Gasteiger partial charge in [-0.25, -0.2) is 4.39 Å². The maximum atomic E-state index is 13.1. The standard InChI is InChI=1S/C21H20FN3O2S/c1-28-18-7-3-2-6-17(18)21(26)25-12-4-5-15(13-25)20-24-23-19(27-20)14-8-10-16(22)11-9-14/h2-3,6-11,15H,4-5,12-13H2,1H3. The number of thioether (sulfide) groups is 1. The number of amides is 1. The van der Waals surface area contributed by atoms with Gasteiger partial charge in [-0.15, -0.1) is 22.0 Å². The lowest BCUT2D eigenvalue weighted by Crippen LogP contribution is -2.39. The first-order valence-electron chi connectivity index (χ1n) is 9.17. The average molecular weight is 397 g/mol. The van der Waals surface area contributed by atoms with Crippen LogP contribution in [0.25, 0.3) is 11.5 Å². The minimum Gasteiger partial charge on any atom is -0.420 e. The van der Waals surface area contributed by atoms with Gasteiger partial charge in [0, 0.05) is 23.5 Å². The number of nitrogens with zero attached hydrogens (tertiary/aromatic N) is 3. The van der Waals surface area contributed by atoms with E-state index in [-0.39, 0.29) is 17.6 Å². The maximum Gasteiger partial charge on any atom is 0.255 e. The van der Waals surface area contributed by atoms with Crippen molar-refractivity contribution < 1.29 is 13.6 Å². The Morgan fingerprint density at radius 1 is 1.18 bits per heavy atom. The Kier molecular flexibility index (Phi) is 5.43. The number of hydrogen-bond donors (Lipinski definition) is 0. The van der Waals surface area contributed by atoms with Crippen LogP contribution in [0.3, 0.4) is 0 Å². The van der Waals surface area contributed by atoms with Crippen molar-refractivity contribution in [2.75, 3.05) is 19.3 Å². The molecule has 1 aromatic heterocycles. The number of aromatic nitrogens is 2. The Morgan fingerprint density at radius 2 is 1.96 bits per heavy atom. The second-order valence-electron chi connectivity index (χ2n) is 6.74. The molecule has 1 fully saturated rings. The summed E-state index contributed by atoms with van der Waals surface area (Å²) in [5.74, 6) is 0.616. The summed E-state index contributed by atoms with van der Waals surface area (Å²) >= 11 is 1.57. The van der Waals surface area contributed by atoms with Gasteiger partial charge in [0.25, 0.3) is 5.91 Å². The quantitative estimate of drug-likeness (QED) is 0.602. The fourth-order valence-corrected chi connectivity index (χ4v) is 4.05. The first kappa shape index (κ1) is 18.7. The van der Waals surface area contributed by atoms with Gasteiger partial charge in [-0.2, -0.15) is 0 Å². The van der Waals surface area contributed by atoms with Crippen molar-refractivity contribution in [3.63, 3.8) is 0 Å². The van der Waals surface area contributed by atoms with Gasteiger partial charge in [-0.1, -0.05) is 12.1 Å². The fourth-order valence-electron chi connectivity index (χ4n) is 3.46. The number of carbonyl (C=O) groups excluding carboxylic acids is 1. The molecule has 0 aliphatic carbocycles. The van der Waals surface area contributed by atoms with E-state index in [0.717, 1.165) is 29.8 Å². The lowest BCUT2D eigenvalue weighted by atomic mass is 9.97. The number of carbonyl (C=O) groups is 1. The van der Waals surface area contributed by atoms with E-state index in [0.29, 0.717) is 23.9 Å². The molecule has 7 heteroatoms. The van der Waals surface area contributed by atoms with Crippen LogP contribution in [0.4, 0.5) is 4.39 Å². The molecule has 0 saturated carbocycles. The van der Waals surface area contributed by atoms with Gasteiger partial charge >= 0.3 is 0 Å². The van der Waals surface area contributed by atoms with Crippen LogP contribution in [0.5, 0.6) is 0 Å². The molecule has 1 amide bonds. The third kappa shape index (κ3) is 3.80. The summed E-state index contributed by atoms with van der Waals surface area (Å²) in [5.41, 5.74) is 1.41. The lowest BCUT2D eigenvalue weighted by molar-refractivity contribution is 0.0695. The number of rotatable bonds is 4. The van der Waals surface area contributed by atoms with Crippen LogP contribution in [0.2, 0.25) is 0 Å². The molecular weight excluding hydrogens is 377 g/mol. The molecule has 1 saturated heterocycles. The van der Waals surface area contributed by atoms with Crippen molar-refractivity contribution in [2.45, 2.75) is 23.7 Å². The van der Waals surface area contributed by atoms with Gasteiger partial charge in [0.05, 0.1) is 11.5 Å². The molecule has 144 valence electrons. The zero-order valence-corrected chi connectivity index (χ0v) is 16.3. The fraction of sp³-hybridized carbons (Fsp3) is 0.286. The second kappa shape index (κ2) is 8.14. The van der Waals surface area contributed by atoms with Gasteiger partial charge in [0.2, 0.25) is 11.8 Å². The van der Waals surface area contributed by atoms with E-state index in [1.54, 1.807) is 23.9 Å². The molecule has 1 atom stereocenters. The Labute approximate surface area is 167 Å². The molecule has 2 heterocycles. The Hall–Kier alpha value is -2.67. The van der Waals surface area contributed by atoms with Crippen LogP contribution >= 0.6 is 11.8 Å². The molecule has 28 heavy (non-hydrogen) atoms. The first-order chi connectivity index (χ1) is 13.7. The Bertz CT molecular complexity index is 974. The smallest absolute Gasteiger partial charge is 0.255 e. The molecule has 1 aliphatic rings. The monoisotopic (exact) mass is 397 g/mol. The van der Waals surface area contributed by atoms with Crippen molar-refractivity contribution in [1.82, 2.24) is 15.1 Å². The molecule has 5 nitrogen and oxygen atoms in total. The molecule has 0 N–H and O–H groups in total. The highest BCUT2D eigenvalue weighted by Crippen LogP contribution is 2.30. The summed E-state index contributed by atoms with van der Waals surface area (Å²) in [6.07, 6.45) is 3.74. The maximum absolute atomic E-state index is 13.1. The summed E-state index contributed by atoms with van der Waals surface area (Å²) in [6, 6.07) is 13.6. The third-order valence-corrected chi connectivity index (χ3v) is 5.72. The number of hydrogen-bond acceptors (Lipinski definition) is 5. The number of likely N-dealkylation sites (tertiary alicyclic amines) is 1. The minimum absolute atomic E-state index is 0.000778. The van der Waals surface area contributed by atoms with Gasteiger partial charge < -0.3 is 9.32 Å². The molecule has 0 spiro atoms. The highest BCUT2D eigenvalue weighted by atomic mass is 32.2. The third-order valence-electron chi connectivity index (χ3n) is 4.93. The predicted octanol–water partition coefficient (Wildman–Crippen LogP) is 4.62. The Balaban J connectivity index is 1.51. The zero-order chi connectivity index (χ0) is 19.5. The van der Waals surface area contributed by atoms with Gasteiger partial charge in [0.15, 0.2) is 0 Å². The van der Waals surface area contributed by atoms with Crippen molar-refractivity contribution in [3.05, 3.63) is 65.8 Å². The molecule has 3 aromatic rings. The number of piperidine rings is 1. The van der Waals surface area contributed by atoms with E-state index in [2.05, 4.69) is 10.2 Å². The van der Waals surface area contributed by atoms with Crippen LogP contribution in [0.15, 0.2) is 57.8 Å². The molecule has 4 rings (SSSR count). The van der Waals surface area contributed by atoms with E-state index in [1.165, 1.54) is 12.1 Å². The van der Waals surface area contributed by atoms with E-state index >= 15 is 0 Å². The summed E-state index contributed by atoms with van der Waals surface area (Å²) in [5, 5.41) is 8.29. The van der Waals surface area contributed by atoms with Crippen LogP contribution < -0.4 is 0 Å². The largest absolute Gasteiger partial charge is 0.420 e. The van der Waals surface area contributed by atoms with E-state index < -0.39 is 0 Å². The second-order valence-corrected chi connectivity index (χ2v) is 7.59. The summed E-state index contributed by atoms with van der Waals surface area (Å²) < 4.78 is 18.9. The summed E-state index contributed by atoms with van der Waals surface area (Å²) in [6.45, 7) is 1.27. The van der Waals surface area contributed by atoms with Crippen LogP contribution in [0, 0.1) is 5.82 Å². The zero-order valence-electron chi connectivity index (χ0n) is 15.5. The normalized spacial score (nSPS) is 16.9. The molecule has 0 radical (unpaired) electrons. The Morgan fingerprint density at radius 3 is 2.75 bits per heavy atom. The first-order valence-corrected chi connectivity index (χ1v) is 10.4. The van der Waals surface area contributed by atoms with E-state index in [1.807, 2.05) is 35.4 Å². The van der Waals surface area contributed by atoms with Crippen LogP contribution in [-0.4, -0.2) is 40.3 Å². The van der Waals surface area contributed by atoms with Gasteiger partial charge in [0.1, 0.15) is 5.82 Å². The SMILES string of the molecule is CSc1ccccc1C(=O)N1CCCC(c2nnc(-c3ccc(F)cc3)o2)C1. The van der Waals surface area contributed by atoms with Crippen molar-refractivity contribution in [3.8, 4) is 11.5 Å². The summed E-state index contributed by atoms with van der Waals surface area (Å²) in [7, 11) is 0. The molecule has 2 aromatic carbocycles. The van der Waals surface area contributed by atoms with Crippen molar-refractivity contribution in [2.24, 2.45) is 0 Å². The highest BCUT2D eigenvalue weighted by molar-refractivity contribution is 7.98. The van der Waals surface area contributed by atoms with Crippen LogP contribution in [-0.2, 0) is 0 Å². The topological polar surface area (TPSA) is 59.2 Å². The molecule has 0 bridgehead atoms. The van der Waals surface area contributed by atoms with Crippen molar-refractivity contribution in [1.29, 1.82) is 0 Å². The highest BCUT2D eigenvalue weighted by Gasteiger charge is 2.29. The lowest BCUT2D eigenvalue weighted by Gasteiger charge is -2.31. The average Bonchev–Trinajstić information content (AvgIpc) is 3.24. The summed E-state index contributed by atoms with van der Waals surface area (Å²) in [4.78, 5) is 15.9. The van der Waals surface area contributed by atoms with Gasteiger partial charge in [-0.3, -0.25) is 4.79 Å². The minimum atomic E-state index is -0.310. The number of halogens is 1. The molecule has 1 aliphatic heterocycles. The van der Waals surface area contributed by atoms with E-state index in [4.69, 9.17) is 4.42 Å². The molecular formula is C21H20FN3O2S. The van der Waals surface area contributed by atoms with Crippen LogP contribution in [0.1, 0.15) is 35.0 Å².